The number of nitrogens with one attached hydrogen (secondary N) is 1. The summed E-state index contributed by atoms with van der Waals surface area (Å²) in [6.07, 6.45) is 1.66. The van der Waals surface area contributed by atoms with Crippen LogP contribution in [0.15, 0.2) is 30.9 Å². The molecule has 1 N–H and O–H groups in total. The number of halogens is 2. The quantitative estimate of drug-likeness (QED) is 0.645. The number of hydrogen-bond acceptors (Lipinski definition) is 3. The second kappa shape index (κ2) is 6.94. The van der Waals surface area contributed by atoms with Crippen LogP contribution in [-0.4, -0.2) is 19.1 Å². The van der Waals surface area contributed by atoms with Gasteiger partial charge < -0.3 is 4.74 Å². The summed E-state index contributed by atoms with van der Waals surface area (Å²) in [6, 6.07) is 5.17. The third kappa shape index (κ3) is 3.50. The molecule has 0 aliphatic heterocycles. The molecular formula is C14H17Cl2NO2. The Morgan fingerprint density at radius 2 is 2.21 bits per heavy atom. The lowest BCUT2D eigenvalue weighted by Crippen LogP contribution is -2.48. The molecule has 0 amide bonds. The van der Waals surface area contributed by atoms with Gasteiger partial charge in [0.2, 0.25) is 0 Å². The second-order valence-electron chi connectivity index (χ2n) is 4.12. The van der Waals surface area contributed by atoms with Crippen molar-refractivity contribution < 1.29 is 9.53 Å². The lowest BCUT2D eigenvalue weighted by Gasteiger charge is -2.29. The van der Waals surface area contributed by atoms with E-state index < -0.39 is 11.5 Å². The Morgan fingerprint density at radius 1 is 1.53 bits per heavy atom. The van der Waals surface area contributed by atoms with Crippen LogP contribution in [0, 0.1) is 0 Å². The summed E-state index contributed by atoms with van der Waals surface area (Å²) < 4.78 is 5.12. The lowest BCUT2D eigenvalue weighted by atomic mass is 9.91. The van der Waals surface area contributed by atoms with Gasteiger partial charge in [0.25, 0.3) is 0 Å². The fourth-order valence-corrected chi connectivity index (χ4v) is 2.21. The van der Waals surface area contributed by atoms with E-state index in [0.29, 0.717) is 28.8 Å². The van der Waals surface area contributed by atoms with Crippen LogP contribution in [0.1, 0.15) is 19.4 Å². The fraction of sp³-hybridized carbons (Fsp3) is 0.357. The van der Waals surface area contributed by atoms with Crippen molar-refractivity contribution in [3.05, 3.63) is 46.5 Å². The molecule has 1 aromatic rings. The summed E-state index contributed by atoms with van der Waals surface area (Å²) in [6.45, 7) is 7.84. The van der Waals surface area contributed by atoms with E-state index in [0.717, 1.165) is 0 Å². The number of rotatable bonds is 6. The highest BCUT2D eigenvalue weighted by atomic mass is 35.5. The molecule has 1 aromatic carbocycles. The molecule has 0 aliphatic rings. The topological polar surface area (TPSA) is 38.3 Å². The smallest absolute Gasteiger partial charge is 0.330 e. The maximum absolute atomic E-state index is 12.2. The Bertz CT molecular complexity index is 477. The summed E-state index contributed by atoms with van der Waals surface area (Å²) in [7, 11) is 0. The van der Waals surface area contributed by atoms with E-state index in [1.807, 2.05) is 0 Å². The minimum Gasteiger partial charge on any atom is -0.464 e. The summed E-state index contributed by atoms with van der Waals surface area (Å²) in [5, 5.41) is 3.82. The Morgan fingerprint density at radius 3 is 2.79 bits per heavy atom. The van der Waals surface area contributed by atoms with Gasteiger partial charge in [0.15, 0.2) is 0 Å². The van der Waals surface area contributed by atoms with Crippen LogP contribution in [0.25, 0.3) is 0 Å². The van der Waals surface area contributed by atoms with Crippen molar-refractivity contribution in [1.82, 2.24) is 5.32 Å². The molecule has 0 aromatic heterocycles. The molecule has 1 atom stereocenters. The van der Waals surface area contributed by atoms with Crippen molar-refractivity contribution in [1.29, 1.82) is 0 Å². The van der Waals surface area contributed by atoms with Crippen molar-refractivity contribution in [2.45, 2.75) is 19.4 Å². The number of benzene rings is 1. The molecule has 1 unspecified atom stereocenters. The lowest BCUT2D eigenvalue weighted by molar-refractivity contribution is -0.150. The highest BCUT2D eigenvalue weighted by Gasteiger charge is 2.38. The van der Waals surface area contributed by atoms with Crippen molar-refractivity contribution in [3.63, 3.8) is 0 Å². The van der Waals surface area contributed by atoms with Crippen LogP contribution in [-0.2, 0) is 15.1 Å². The van der Waals surface area contributed by atoms with Crippen molar-refractivity contribution in [2.75, 3.05) is 13.2 Å². The monoisotopic (exact) mass is 301 g/mol. The van der Waals surface area contributed by atoms with Crippen LogP contribution >= 0.6 is 23.2 Å². The van der Waals surface area contributed by atoms with Crippen molar-refractivity contribution >= 4 is 29.2 Å². The van der Waals surface area contributed by atoms with Crippen LogP contribution in [0.2, 0.25) is 10.0 Å². The highest BCUT2D eigenvalue weighted by molar-refractivity contribution is 6.42. The molecule has 0 aliphatic carbocycles. The van der Waals surface area contributed by atoms with E-state index in [1.54, 1.807) is 38.1 Å². The largest absolute Gasteiger partial charge is 0.464 e. The molecule has 5 heteroatoms. The Labute approximate surface area is 123 Å². The fourth-order valence-electron chi connectivity index (χ4n) is 1.72. The number of carbonyl (C=O) groups is 1. The van der Waals surface area contributed by atoms with Crippen LogP contribution in [0.4, 0.5) is 0 Å². The normalized spacial score (nSPS) is 13.7. The summed E-state index contributed by atoms with van der Waals surface area (Å²) in [5.41, 5.74) is -0.478. The first kappa shape index (κ1) is 16.0. The molecule has 0 bridgehead atoms. The average Bonchev–Trinajstić information content (AvgIpc) is 2.39. The van der Waals surface area contributed by atoms with Gasteiger partial charge in [-0.3, -0.25) is 5.32 Å². The number of esters is 1. The van der Waals surface area contributed by atoms with Gasteiger partial charge in [-0.05, 0) is 19.9 Å². The SMILES string of the molecule is C=CCNC(C)(C(=O)OCC)c1cccc(Cl)c1Cl. The maximum Gasteiger partial charge on any atom is 0.330 e. The second-order valence-corrected chi connectivity index (χ2v) is 4.90. The van der Waals surface area contributed by atoms with Crippen LogP contribution < -0.4 is 5.32 Å². The zero-order valence-electron chi connectivity index (χ0n) is 11.0. The van der Waals surface area contributed by atoms with Gasteiger partial charge in [-0.15, -0.1) is 6.58 Å². The molecule has 3 nitrogen and oxygen atoms in total. The average molecular weight is 302 g/mol. The van der Waals surface area contributed by atoms with E-state index in [-0.39, 0.29) is 0 Å². The number of hydrogen-bond donors (Lipinski definition) is 1. The van der Waals surface area contributed by atoms with Crippen LogP contribution in [0.3, 0.4) is 0 Å². The zero-order chi connectivity index (χ0) is 14.5. The standard InChI is InChI=1S/C14H17Cl2NO2/c1-4-9-17-14(3,13(18)19-5-2)10-7-6-8-11(15)12(10)16/h4,6-8,17H,1,5,9H2,2-3H3. The maximum atomic E-state index is 12.2. The molecule has 1 rings (SSSR count). The van der Waals surface area contributed by atoms with E-state index in [2.05, 4.69) is 11.9 Å². The predicted octanol–water partition coefficient (Wildman–Crippen LogP) is 3.55. The summed E-state index contributed by atoms with van der Waals surface area (Å²) in [5.74, 6) is -0.402. The minimum absolute atomic E-state index is 0.294. The molecule has 0 fully saturated rings. The van der Waals surface area contributed by atoms with E-state index in [4.69, 9.17) is 27.9 Å². The molecule has 19 heavy (non-hydrogen) atoms. The molecule has 104 valence electrons. The molecule has 0 radical (unpaired) electrons. The predicted molar refractivity (Wildman–Crippen MR) is 78.6 cm³/mol. The van der Waals surface area contributed by atoms with Gasteiger partial charge >= 0.3 is 5.97 Å². The van der Waals surface area contributed by atoms with Crippen molar-refractivity contribution in [3.8, 4) is 0 Å². The third-order valence-electron chi connectivity index (χ3n) is 2.77. The van der Waals surface area contributed by atoms with E-state index >= 15 is 0 Å². The minimum atomic E-state index is -1.06. The van der Waals surface area contributed by atoms with Gasteiger partial charge in [-0.2, -0.15) is 0 Å². The first-order valence-electron chi connectivity index (χ1n) is 5.95. The number of carbonyl (C=O) groups excluding carboxylic acids is 1. The van der Waals surface area contributed by atoms with E-state index in [1.165, 1.54) is 0 Å². The van der Waals surface area contributed by atoms with Gasteiger partial charge in [0.05, 0.1) is 16.7 Å². The van der Waals surface area contributed by atoms with Gasteiger partial charge in [0, 0.05) is 12.1 Å². The van der Waals surface area contributed by atoms with Gasteiger partial charge in [0.1, 0.15) is 5.54 Å². The summed E-state index contributed by atoms with van der Waals surface area (Å²) >= 11 is 12.2. The van der Waals surface area contributed by atoms with Gasteiger partial charge in [-0.1, -0.05) is 41.4 Å². The zero-order valence-corrected chi connectivity index (χ0v) is 12.5. The molecule has 0 heterocycles. The Kier molecular flexibility index (Phi) is 5.85. The third-order valence-corrected chi connectivity index (χ3v) is 3.59. The van der Waals surface area contributed by atoms with Crippen LogP contribution in [0.5, 0.6) is 0 Å². The first-order valence-corrected chi connectivity index (χ1v) is 6.70. The molecular weight excluding hydrogens is 285 g/mol. The van der Waals surface area contributed by atoms with Gasteiger partial charge in [-0.25, -0.2) is 4.79 Å². The van der Waals surface area contributed by atoms with E-state index in [9.17, 15) is 4.79 Å². The Hall–Kier alpha value is -1.03. The van der Waals surface area contributed by atoms with Crippen molar-refractivity contribution in [2.24, 2.45) is 0 Å². The molecule has 0 saturated carbocycles. The molecule has 0 spiro atoms. The summed E-state index contributed by atoms with van der Waals surface area (Å²) in [4.78, 5) is 12.2. The highest BCUT2D eigenvalue weighted by Crippen LogP contribution is 2.34. The number of ether oxygens (including phenoxy) is 1. The Balaban J connectivity index is 3.25. The molecule has 0 saturated heterocycles. The first-order chi connectivity index (χ1) is 8.97.